The number of fused-ring (bicyclic) bond motifs is 1. The van der Waals surface area contributed by atoms with Gasteiger partial charge in [0.25, 0.3) is 0 Å². The highest BCUT2D eigenvalue weighted by Crippen LogP contribution is 2.58. The van der Waals surface area contributed by atoms with Crippen LogP contribution in [0, 0.1) is 5.92 Å². The second-order valence-corrected chi connectivity index (χ2v) is 7.22. The summed E-state index contributed by atoms with van der Waals surface area (Å²) in [4.78, 5) is 25.6. The van der Waals surface area contributed by atoms with Gasteiger partial charge in [0.2, 0.25) is 0 Å². The number of carbonyl (C=O) groups is 2. The summed E-state index contributed by atoms with van der Waals surface area (Å²) < 4.78 is 5.42. The van der Waals surface area contributed by atoms with Crippen LogP contribution in [0.5, 0.6) is 0 Å². The molecule has 4 rings (SSSR count). The van der Waals surface area contributed by atoms with Crippen LogP contribution >= 0.6 is 0 Å². The Morgan fingerprint density at radius 1 is 1.27 bits per heavy atom. The van der Waals surface area contributed by atoms with Gasteiger partial charge in [0.05, 0.1) is 12.0 Å². The summed E-state index contributed by atoms with van der Waals surface area (Å²) in [6, 6.07) is 9.36. The smallest absolute Gasteiger partial charge is 0.410 e. The highest BCUT2D eigenvalue weighted by atomic mass is 16.6. The van der Waals surface area contributed by atoms with Gasteiger partial charge in [-0.2, -0.15) is 0 Å². The number of carbonyl (C=O) groups excluding carboxylic acids is 1. The lowest BCUT2D eigenvalue weighted by atomic mass is 9.57. The Hall–Kier alpha value is -2.04. The van der Waals surface area contributed by atoms with Crippen molar-refractivity contribution in [2.24, 2.45) is 5.92 Å². The van der Waals surface area contributed by atoms with Crippen molar-refractivity contribution in [1.82, 2.24) is 4.90 Å². The van der Waals surface area contributed by atoms with E-state index in [0.717, 1.165) is 5.56 Å². The van der Waals surface area contributed by atoms with Gasteiger partial charge in [-0.15, -0.1) is 0 Å². The van der Waals surface area contributed by atoms with E-state index in [-0.39, 0.29) is 6.04 Å². The van der Waals surface area contributed by atoms with Crippen LogP contribution in [-0.2, 0) is 14.9 Å². The van der Waals surface area contributed by atoms with Crippen molar-refractivity contribution >= 4 is 12.1 Å². The van der Waals surface area contributed by atoms with E-state index >= 15 is 0 Å². The number of hydrogen-bond donors (Lipinski definition) is 1. The van der Waals surface area contributed by atoms with Crippen LogP contribution in [0.15, 0.2) is 30.3 Å². The number of hydrogen-bond acceptors (Lipinski definition) is 3. The number of amides is 1. The molecule has 1 amide bonds. The van der Waals surface area contributed by atoms with Crippen molar-refractivity contribution in [1.29, 1.82) is 0 Å². The van der Waals surface area contributed by atoms with Gasteiger partial charge in [-0.3, -0.25) is 4.79 Å². The van der Waals surface area contributed by atoms with Gasteiger partial charge in [-0.25, -0.2) is 4.79 Å². The number of rotatable bonds is 2. The SMILES string of the molecule is CC(C)(C)OC(=O)N1CC2(c3ccccc3)CC1C2C(=O)O. The first-order valence-electron chi connectivity index (χ1n) is 7.52. The minimum atomic E-state index is -0.842. The zero-order chi connectivity index (χ0) is 16.1. The first kappa shape index (κ1) is 14.9. The second-order valence-electron chi connectivity index (χ2n) is 7.22. The molecule has 5 heteroatoms. The average molecular weight is 303 g/mol. The van der Waals surface area contributed by atoms with E-state index in [4.69, 9.17) is 4.74 Å². The first-order chi connectivity index (χ1) is 10.2. The van der Waals surface area contributed by atoms with Crippen LogP contribution in [0.4, 0.5) is 4.79 Å². The fourth-order valence-electron chi connectivity index (χ4n) is 3.78. The van der Waals surface area contributed by atoms with E-state index in [2.05, 4.69) is 0 Å². The third-order valence-electron chi connectivity index (χ3n) is 4.65. The molecule has 5 nitrogen and oxygen atoms in total. The summed E-state index contributed by atoms with van der Waals surface area (Å²) in [6.45, 7) is 5.85. The largest absolute Gasteiger partial charge is 0.481 e. The van der Waals surface area contributed by atoms with Gasteiger partial charge >= 0.3 is 12.1 Å². The summed E-state index contributed by atoms with van der Waals surface area (Å²) in [5.41, 5.74) is -0.0677. The van der Waals surface area contributed by atoms with E-state index < -0.39 is 29.0 Å². The maximum absolute atomic E-state index is 12.4. The lowest BCUT2D eigenvalue weighted by molar-refractivity contribution is -0.148. The van der Waals surface area contributed by atoms with Crippen molar-refractivity contribution in [2.45, 2.75) is 44.2 Å². The molecule has 1 aliphatic carbocycles. The topological polar surface area (TPSA) is 66.8 Å². The standard InChI is InChI=1S/C17H21NO4/c1-16(2,3)22-15(21)18-10-17(11-7-5-4-6-8-11)9-12(18)13(17)14(19)20/h4-8,12-13H,9-10H2,1-3H3,(H,19,20). The quantitative estimate of drug-likeness (QED) is 0.912. The molecule has 1 N–H and O–H groups in total. The molecule has 1 saturated carbocycles. The van der Waals surface area contributed by atoms with E-state index in [1.807, 2.05) is 51.1 Å². The Labute approximate surface area is 129 Å². The molecule has 2 heterocycles. The number of carboxylic acid groups (broad SMARTS) is 1. The maximum atomic E-state index is 12.4. The molecule has 0 spiro atoms. The lowest BCUT2D eigenvalue weighted by Gasteiger charge is -2.43. The Bertz CT molecular complexity index is 607. The highest BCUT2D eigenvalue weighted by Gasteiger charge is 2.68. The summed E-state index contributed by atoms with van der Waals surface area (Å²) in [5.74, 6) is -1.39. The molecule has 3 unspecified atom stereocenters. The Balaban J connectivity index is 1.89. The molecule has 0 aromatic heterocycles. The lowest BCUT2D eigenvalue weighted by Crippen LogP contribution is -2.54. The summed E-state index contributed by atoms with van der Waals surface area (Å²) in [6.07, 6.45) is 0.270. The fraction of sp³-hybridized carbons (Fsp3) is 0.529. The summed E-state index contributed by atoms with van der Waals surface area (Å²) >= 11 is 0. The Morgan fingerprint density at radius 3 is 2.45 bits per heavy atom. The molecule has 1 aromatic carbocycles. The molecular formula is C17H21NO4. The predicted molar refractivity (Wildman–Crippen MR) is 80.6 cm³/mol. The minimum absolute atomic E-state index is 0.271. The molecule has 3 atom stereocenters. The molecule has 118 valence electrons. The van der Waals surface area contributed by atoms with Gasteiger partial charge in [0.1, 0.15) is 5.60 Å². The third-order valence-corrected chi connectivity index (χ3v) is 4.65. The Morgan fingerprint density at radius 2 is 1.91 bits per heavy atom. The van der Waals surface area contributed by atoms with Gasteiger partial charge in [-0.1, -0.05) is 30.3 Å². The number of benzene rings is 1. The third kappa shape index (κ3) is 2.16. The Kier molecular flexibility index (Phi) is 3.20. The van der Waals surface area contributed by atoms with Crippen molar-refractivity contribution in [3.63, 3.8) is 0 Å². The van der Waals surface area contributed by atoms with Crippen LogP contribution < -0.4 is 0 Å². The minimum Gasteiger partial charge on any atom is -0.481 e. The van der Waals surface area contributed by atoms with Crippen LogP contribution in [0.3, 0.4) is 0 Å². The van der Waals surface area contributed by atoms with Crippen LogP contribution in [0.2, 0.25) is 0 Å². The van der Waals surface area contributed by atoms with Crippen LogP contribution in [0.1, 0.15) is 32.8 Å². The number of aliphatic carboxylic acids is 1. The zero-order valence-corrected chi connectivity index (χ0v) is 13.1. The molecule has 2 aliphatic heterocycles. The van der Waals surface area contributed by atoms with Gasteiger partial charge in [-0.05, 0) is 32.8 Å². The van der Waals surface area contributed by atoms with Crippen molar-refractivity contribution < 1.29 is 19.4 Å². The van der Waals surface area contributed by atoms with E-state index in [1.54, 1.807) is 4.90 Å². The summed E-state index contributed by atoms with van der Waals surface area (Å²) in [5, 5.41) is 9.59. The predicted octanol–water partition coefficient (Wildman–Crippen LogP) is 2.65. The zero-order valence-electron chi connectivity index (χ0n) is 13.1. The highest BCUT2D eigenvalue weighted by molar-refractivity contribution is 5.80. The fourth-order valence-corrected chi connectivity index (χ4v) is 3.78. The van der Waals surface area contributed by atoms with E-state index in [0.29, 0.717) is 13.0 Å². The van der Waals surface area contributed by atoms with Crippen molar-refractivity contribution in [2.75, 3.05) is 6.54 Å². The van der Waals surface area contributed by atoms with Crippen molar-refractivity contribution in [3.8, 4) is 0 Å². The normalized spacial score (nSPS) is 29.9. The van der Waals surface area contributed by atoms with Crippen LogP contribution in [-0.4, -0.2) is 40.3 Å². The molecule has 2 bridgehead atoms. The molecular weight excluding hydrogens is 282 g/mol. The van der Waals surface area contributed by atoms with E-state index in [1.165, 1.54) is 0 Å². The van der Waals surface area contributed by atoms with Crippen molar-refractivity contribution in [3.05, 3.63) is 35.9 Å². The monoisotopic (exact) mass is 303 g/mol. The molecule has 2 saturated heterocycles. The second kappa shape index (κ2) is 4.73. The molecule has 22 heavy (non-hydrogen) atoms. The van der Waals surface area contributed by atoms with E-state index in [9.17, 15) is 14.7 Å². The molecule has 0 radical (unpaired) electrons. The van der Waals surface area contributed by atoms with Gasteiger partial charge < -0.3 is 14.7 Å². The van der Waals surface area contributed by atoms with Gasteiger partial charge in [0, 0.05) is 12.0 Å². The molecule has 1 aromatic rings. The molecule has 3 fully saturated rings. The number of carboxylic acids is 1. The average Bonchev–Trinajstić information content (AvgIpc) is 2.92. The maximum Gasteiger partial charge on any atom is 0.410 e. The number of ether oxygens (including phenoxy) is 1. The van der Waals surface area contributed by atoms with Crippen LogP contribution in [0.25, 0.3) is 0 Å². The molecule has 3 aliphatic rings. The first-order valence-corrected chi connectivity index (χ1v) is 7.52. The number of nitrogens with zero attached hydrogens (tertiary/aromatic N) is 1. The van der Waals surface area contributed by atoms with Gasteiger partial charge in [0.15, 0.2) is 0 Å². The summed E-state index contributed by atoms with van der Waals surface area (Å²) in [7, 11) is 0.